The first-order valence-corrected chi connectivity index (χ1v) is 7.23. The molecule has 0 amide bonds. The Morgan fingerprint density at radius 2 is 2.07 bits per heavy atom. The van der Waals surface area contributed by atoms with E-state index < -0.39 is 0 Å². The minimum absolute atomic E-state index is 0.466. The van der Waals surface area contributed by atoms with Crippen LogP contribution in [0.1, 0.15) is 33.6 Å². The van der Waals surface area contributed by atoms with Gasteiger partial charge in [0.1, 0.15) is 0 Å². The van der Waals surface area contributed by atoms with Crippen LogP contribution in [-0.4, -0.2) is 34.5 Å². The van der Waals surface area contributed by atoms with Crippen LogP contribution in [0.4, 0.5) is 0 Å². The standard InChI is InChI=1S/C12H23IN2/c1-11(2)10(13)6-9-7-12(11,3)8-15(9)5-4-14/h9-10H,4-8,14H2,1-3H3. The van der Waals surface area contributed by atoms with Gasteiger partial charge in [0, 0.05) is 29.6 Å². The van der Waals surface area contributed by atoms with E-state index in [0.717, 1.165) is 23.1 Å². The second-order valence-electron chi connectivity index (χ2n) is 6.10. The molecule has 3 atom stereocenters. The molecule has 1 aliphatic heterocycles. The lowest BCUT2D eigenvalue weighted by Gasteiger charge is -2.48. The predicted molar refractivity (Wildman–Crippen MR) is 73.3 cm³/mol. The first-order valence-electron chi connectivity index (χ1n) is 5.99. The van der Waals surface area contributed by atoms with E-state index in [-0.39, 0.29) is 0 Å². The number of halogens is 1. The Labute approximate surface area is 107 Å². The molecule has 0 aromatic heterocycles. The molecule has 0 aromatic carbocycles. The van der Waals surface area contributed by atoms with Crippen molar-refractivity contribution >= 4 is 22.6 Å². The van der Waals surface area contributed by atoms with Crippen LogP contribution >= 0.6 is 22.6 Å². The summed E-state index contributed by atoms with van der Waals surface area (Å²) >= 11 is 2.66. The maximum atomic E-state index is 5.69. The van der Waals surface area contributed by atoms with Gasteiger partial charge in [-0.15, -0.1) is 0 Å². The van der Waals surface area contributed by atoms with Crippen LogP contribution in [0.3, 0.4) is 0 Å². The highest BCUT2D eigenvalue weighted by atomic mass is 127. The van der Waals surface area contributed by atoms with E-state index >= 15 is 0 Å². The number of rotatable bonds is 2. The molecule has 2 N–H and O–H groups in total. The summed E-state index contributed by atoms with van der Waals surface area (Å²) in [6.07, 6.45) is 2.72. The Hall–Kier alpha value is 0.650. The molecule has 2 rings (SSSR count). The highest BCUT2D eigenvalue weighted by Gasteiger charge is 2.56. The number of nitrogens with zero attached hydrogens (tertiary/aromatic N) is 1. The Morgan fingerprint density at radius 1 is 1.40 bits per heavy atom. The fourth-order valence-corrected chi connectivity index (χ4v) is 4.67. The topological polar surface area (TPSA) is 29.3 Å². The Morgan fingerprint density at radius 3 is 2.67 bits per heavy atom. The van der Waals surface area contributed by atoms with Gasteiger partial charge in [0.2, 0.25) is 0 Å². The van der Waals surface area contributed by atoms with Gasteiger partial charge in [-0.25, -0.2) is 0 Å². The average Bonchev–Trinajstić information content (AvgIpc) is 2.41. The van der Waals surface area contributed by atoms with Gasteiger partial charge in [-0.3, -0.25) is 4.90 Å². The fraction of sp³-hybridized carbons (Fsp3) is 1.00. The van der Waals surface area contributed by atoms with Crippen LogP contribution in [0, 0.1) is 10.8 Å². The minimum atomic E-state index is 0.466. The molecular weight excluding hydrogens is 299 g/mol. The van der Waals surface area contributed by atoms with Crippen molar-refractivity contribution in [3.8, 4) is 0 Å². The van der Waals surface area contributed by atoms with Crippen molar-refractivity contribution in [1.29, 1.82) is 0 Å². The summed E-state index contributed by atoms with van der Waals surface area (Å²) in [6.45, 7) is 10.5. The summed E-state index contributed by atoms with van der Waals surface area (Å²) in [5.41, 5.74) is 6.66. The van der Waals surface area contributed by atoms with E-state index in [1.165, 1.54) is 19.4 Å². The molecule has 0 spiro atoms. The van der Waals surface area contributed by atoms with Crippen molar-refractivity contribution in [2.75, 3.05) is 19.6 Å². The van der Waals surface area contributed by atoms with Gasteiger partial charge in [-0.2, -0.15) is 0 Å². The van der Waals surface area contributed by atoms with Gasteiger partial charge in [0.05, 0.1) is 0 Å². The van der Waals surface area contributed by atoms with E-state index in [1.54, 1.807) is 0 Å². The molecule has 2 fully saturated rings. The lowest BCUT2D eigenvalue weighted by atomic mass is 9.60. The van der Waals surface area contributed by atoms with Crippen molar-refractivity contribution in [2.45, 2.75) is 43.6 Å². The molecule has 2 aliphatic rings. The SMILES string of the molecule is CC12CC(CC(I)C1(C)C)N(CCN)C2. The van der Waals surface area contributed by atoms with Crippen LogP contribution in [-0.2, 0) is 0 Å². The van der Waals surface area contributed by atoms with Crippen LogP contribution in [0.25, 0.3) is 0 Å². The van der Waals surface area contributed by atoms with Gasteiger partial charge < -0.3 is 5.73 Å². The highest BCUT2D eigenvalue weighted by molar-refractivity contribution is 14.1. The summed E-state index contributed by atoms with van der Waals surface area (Å²) in [6, 6.07) is 0.800. The smallest absolute Gasteiger partial charge is 0.0181 e. The number of hydrogen-bond donors (Lipinski definition) is 1. The summed E-state index contributed by atoms with van der Waals surface area (Å²) in [5, 5.41) is 0. The molecule has 15 heavy (non-hydrogen) atoms. The molecule has 3 heteroatoms. The molecule has 1 aliphatic carbocycles. The van der Waals surface area contributed by atoms with Crippen molar-refractivity contribution in [2.24, 2.45) is 16.6 Å². The number of fused-ring (bicyclic) bond motifs is 2. The van der Waals surface area contributed by atoms with Crippen LogP contribution in [0.5, 0.6) is 0 Å². The van der Waals surface area contributed by atoms with Gasteiger partial charge >= 0.3 is 0 Å². The molecule has 0 aromatic rings. The molecule has 88 valence electrons. The van der Waals surface area contributed by atoms with Crippen LogP contribution in [0.15, 0.2) is 0 Å². The second kappa shape index (κ2) is 3.84. The predicted octanol–water partition coefficient (Wildman–Crippen LogP) is 2.26. The highest BCUT2D eigenvalue weighted by Crippen LogP contribution is 2.57. The molecule has 0 radical (unpaired) electrons. The lowest BCUT2D eigenvalue weighted by Crippen LogP contribution is -2.45. The number of likely N-dealkylation sites (tertiary alicyclic amines) is 1. The first kappa shape index (κ1) is 12.1. The third kappa shape index (κ3) is 1.75. The maximum Gasteiger partial charge on any atom is 0.0181 e. The van der Waals surface area contributed by atoms with Crippen molar-refractivity contribution in [1.82, 2.24) is 4.90 Å². The summed E-state index contributed by atoms with van der Waals surface area (Å²) < 4.78 is 0.807. The van der Waals surface area contributed by atoms with Gasteiger partial charge in [0.25, 0.3) is 0 Å². The normalized spacial score (nSPS) is 44.6. The number of alkyl halides is 1. The average molecular weight is 322 g/mol. The summed E-state index contributed by atoms with van der Waals surface area (Å²) in [4.78, 5) is 2.63. The third-order valence-corrected chi connectivity index (χ3v) is 7.05. The number of hydrogen-bond acceptors (Lipinski definition) is 2. The van der Waals surface area contributed by atoms with E-state index in [9.17, 15) is 0 Å². The lowest BCUT2D eigenvalue weighted by molar-refractivity contribution is 0.0840. The Kier molecular flexibility index (Phi) is 3.10. The molecule has 2 nitrogen and oxygen atoms in total. The van der Waals surface area contributed by atoms with Crippen LogP contribution in [0.2, 0.25) is 0 Å². The van der Waals surface area contributed by atoms with Crippen molar-refractivity contribution < 1.29 is 0 Å². The first-order chi connectivity index (χ1) is 6.90. The quantitative estimate of drug-likeness (QED) is 0.624. The zero-order valence-corrected chi connectivity index (χ0v) is 12.3. The molecular formula is C12H23IN2. The zero-order valence-electron chi connectivity index (χ0n) is 10.1. The van der Waals surface area contributed by atoms with E-state index in [1.807, 2.05) is 0 Å². The summed E-state index contributed by atoms with van der Waals surface area (Å²) in [5.74, 6) is 0. The molecule has 1 saturated heterocycles. The maximum absolute atomic E-state index is 5.69. The van der Waals surface area contributed by atoms with E-state index in [0.29, 0.717) is 10.8 Å². The van der Waals surface area contributed by atoms with Gasteiger partial charge in [-0.05, 0) is 23.7 Å². The van der Waals surface area contributed by atoms with E-state index in [4.69, 9.17) is 5.73 Å². The van der Waals surface area contributed by atoms with E-state index in [2.05, 4.69) is 48.3 Å². The second-order valence-corrected chi connectivity index (χ2v) is 7.61. The third-order valence-electron chi connectivity index (χ3n) is 4.99. The zero-order chi connectivity index (χ0) is 11.3. The summed E-state index contributed by atoms with van der Waals surface area (Å²) in [7, 11) is 0. The monoisotopic (exact) mass is 322 g/mol. The van der Waals surface area contributed by atoms with Crippen LogP contribution < -0.4 is 5.73 Å². The fourth-order valence-electron chi connectivity index (χ4n) is 3.33. The van der Waals surface area contributed by atoms with Crippen molar-refractivity contribution in [3.63, 3.8) is 0 Å². The van der Waals surface area contributed by atoms with Crippen molar-refractivity contribution in [3.05, 3.63) is 0 Å². The van der Waals surface area contributed by atoms with Gasteiger partial charge in [0.15, 0.2) is 0 Å². The largest absolute Gasteiger partial charge is 0.329 e. The Balaban J connectivity index is 2.21. The number of nitrogens with two attached hydrogens (primary N) is 1. The molecule has 1 heterocycles. The molecule has 1 saturated carbocycles. The van der Waals surface area contributed by atoms with Gasteiger partial charge in [-0.1, -0.05) is 43.4 Å². The minimum Gasteiger partial charge on any atom is -0.329 e. The molecule has 2 bridgehead atoms. The Bertz CT molecular complexity index is 254. The molecule has 3 unspecified atom stereocenters.